The van der Waals surface area contributed by atoms with Gasteiger partial charge in [-0.05, 0) is 12.1 Å². The average Bonchev–Trinajstić information content (AvgIpc) is 2.38. The van der Waals surface area contributed by atoms with Crippen LogP contribution in [0.25, 0.3) is 0 Å². The van der Waals surface area contributed by atoms with Gasteiger partial charge in [0, 0.05) is 6.07 Å². The van der Waals surface area contributed by atoms with Gasteiger partial charge >= 0.3 is 14.0 Å². The lowest BCUT2D eigenvalue weighted by Gasteiger charge is -2.04. The van der Waals surface area contributed by atoms with E-state index in [4.69, 9.17) is 5.02 Å². The highest BCUT2D eigenvalue weighted by Crippen LogP contribution is 2.42. The molecule has 1 aliphatic rings. The maximum absolute atomic E-state index is 12.5. The zero-order valence-electron chi connectivity index (χ0n) is 6.74. The van der Waals surface area contributed by atoms with E-state index in [1.165, 1.54) is 18.2 Å². The normalized spacial score (nSPS) is 16.5. The molecule has 0 spiro atoms. The molecule has 14 heavy (non-hydrogen) atoms. The lowest BCUT2D eigenvalue weighted by molar-refractivity contribution is -0.286. The van der Waals surface area contributed by atoms with Crippen LogP contribution in [0.15, 0.2) is 18.2 Å². The molecule has 1 aromatic carbocycles. The highest BCUT2D eigenvalue weighted by molar-refractivity contribution is 6.17. The summed E-state index contributed by atoms with van der Waals surface area (Å²) < 4.78 is 37.9. The molecular formula is C7H4BF2O4. The molecule has 0 aromatic heterocycles. The third-order valence-corrected chi connectivity index (χ3v) is 1.56. The summed E-state index contributed by atoms with van der Waals surface area (Å²) in [6, 6.07) is 3.80. The molecule has 7 heteroatoms. The molecule has 0 aliphatic carbocycles. The summed E-state index contributed by atoms with van der Waals surface area (Å²) in [5.74, 6) is -0.0258. The van der Waals surface area contributed by atoms with Crippen LogP contribution in [0.3, 0.4) is 0 Å². The van der Waals surface area contributed by atoms with Crippen LogP contribution in [0.1, 0.15) is 0 Å². The van der Waals surface area contributed by atoms with E-state index < -0.39 is 6.29 Å². The minimum atomic E-state index is -3.64. The Morgan fingerprint density at radius 2 is 2.00 bits per heavy atom. The van der Waals surface area contributed by atoms with Crippen LogP contribution in [0.5, 0.6) is 17.2 Å². The minimum absolute atomic E-state index is 0.0692. The first-order chi connectivity index (χ1) is 6.61. The van der Waals surface area contributed by atoms with Crippen LogP contribution in [0.4, 0.5) is 8.78 Å². The van der Waals surface area contributed by atoms with Crippen molar-refractivity contribution in [3.8, 4) is 17.2 Å². The highest BCUT2D eigenvalue weighted by Gasteiger charge is 2.43. The van der Waals surface area contributed by atoms with Gasteiger partial charge in [-0.25, -0.2) is 0 Å². The first-order valence-electron chi connectivity index (χ1n) is 3.63. The maximum atomic E-state index is 12.5. The van der Waals surface area contributed by atoms with Gasteiger partial charge in [0.05, 0.1) is 0 Å². The Balaban J connectivity index is 2.26. The molecule has 4 nitrogen and oxygen atoms in total. The molecule has 0 bridgehead atoms. The first-order valence-corrected chi connectivity index (χ1v) is 3.63. The molecule has 1 heterocycles. The van der Waals surface area contributed by atoms with Gasteiger partial charge in [-0.3, -0.25) is 0 Å². The maximum Gasteiger partial charge on any atom is 0.586 e. The zero-order valence-corrected chi connectivity index (χ0v) is 6.74. The van der Waals surface area contributed by atoms with Gasteiger partial charge in [-0.2, -0.15) is 0 Å². The van der Waals surface area contributed by atoms with Crippen molar-refractivity contribution >= 4 is 7.69 Å². The molecule has 0 amide bonds. The smallest absolute Gasteiger partial charge is 0.537 e. The van der Waals surface area contributed by atoms with E-state index in [0.717, 1.165) is 0 Å². The molecule has 1 aromatic rings. The molecular weight excluding hydrogens is 197 g/mol. The largest absolute Gasteiger partial charge is 0.586 e. The van der Waals surface area contributed by atoms with Crippen LogP contribution < -0.4 is 14.1 Å². The van der Waals surface area contributed by atoms with E-state index in [9.17, 15) is 8.78 Å². The van der Waals surface area contributed by atoms with Crippen molar-refractivity contribution < 1.29 is 27.9 Å². The summed E-state index contributed by atoms with van der Waals surface area (Å²) in [5, 5.41) is 8.30. The molecule has 73 valence electrons. The quantitative estimate of drug-likeness (QED) is 0.722. The number of fused-ring (bicyclic) bond motifs is 1. The molecule has 0 fully saturated rings. The van der Waals surface area contributed by atoms with Crippen LogP contribution >= 0.6 is 0 Å². The topological polar surface area (TPSA) is 47.9 Å². The Morgan fingerprint density at radius 3 is 2.71 bits per heavy atom. The van der Waals surface area contributed by atoms with E-state index in [-0.39, 0.29) is 17.2 Å². The molecule has 1 radical (unpaired) electrons. The SMILES string of the molecule is O[B]Oc1ccc2c(c1)OC(F)(F)O2. The van der Waals surface area contributed by atoms with E-state index >= 15 is 0 Å². The van der Waals surface area contributed by atoms with Crippen LogP contribution in [0.2, 0.25) is 0 Å². The summed E-state index contributed by atoms with van der Waals surface area (Å²) >= 11 is 0. The lowest BCUT2D eigenvalue weighted by Crippen LogP contribution is -2.25. The first kappa shape index (κ1) is 9.08. The van der Waals surface area contributed by atoms with Crippen molar-refractivity contribution in [2.45, 2.75) is 6.29 Å². The molecule has 0 saturated heterocycles. The van der Waals surface area contributed by atoms with E-state index in [0.29, 0.717) is 7.69 Å². The molecule has 1 aliphatic heterocycles. The molecule has 1 N–H and O–H groups in total. The second kappa shape index (κ2) is 3.02. The minimum Gasteiger partial charge on any atom is -0.537 e. The van der Waals surface area contributed by atoms with Crippen molar-refractivity contribution in [1.29, 1.82) is 0 Å². The van der Waals surface area contributed by atoms with Crippen molar-refractivity contribution in [2.75, 3.05) is 0 Å². The second-order valence-electron chi connectivity index (χ2n) is 2.50. The summed E-state index contributed by atoms with van der Waals surface area (Å²) in [6.45, 7) is 0. The summed E-state index contributed by atoms with van der Waals surface area (Å²) in [6.07, 6.45) is -3.64. The van der Waals surface area contributed by atoms with Crippen LogP contribution in [-0.2, 0) is 0 Å². The summed E-state index contributed by atoms with van der Waals surface area (Å²) in [5.41, 5.74) is 0. The van der Waals surface area contributed by atoms with Crippen LogP contribution in [0, 0.1) is 0 Å². The zero-order chi connectivity index (χ0) is 10.2. The number of benzene rings is 1. The van der Waals surface area contributed by atoms with E-state index in [2.05, 4.69) is 14.1 Å². The highest BCUT2D eigenvalue weighted by atomic mass is 19.3. The average molecular weight is 201 g/mol. The Kier molecular flexibility index (Phi) is 1.96. The fourth-order valence-electron chi connectivity index (χ4n) is 1.06. The Bertz CT molecular complexity index is 358. The summed E-state index contributed by atoms with van der Waals surface area (Å²) in [7, 11) is 0.440. The Hall–Kier alpha value is -1.50. The molecule has 0 atom stereocenters. The molecule has 0 unspecified atom stereocenters. The van der Waals surface area contributed by atoms with Gasteiger partial charge in [0.25, 0.3) is 0 Å². The van der Waals surface area contributed by atoms with Gasteiger partial charge in [0.1, 0.15) is 5.75 Å². The van der Waals surface area contributed by atoms with Crippen molar-refractivity contribution in [3.63, 3.8) is 0 Å². The number of rotatable bonds is 2. The van der Waals surface area contributed by atoms with Gasteiger partial charge in [0.2, 0.25) is 0 Å². The van der Waals surface area contributed by atoms with Gasteiger partial charge in [0.15, 0.2) is 11.5 Å². The number of hydrogen-bond donors (Lipinski definition) is 1. The molecule has 2 rings (SSSR count). The Morgan fingerprint density at radius 1 is 1.29 bits per heavy atom. The van der Waals surface area contributed by atoms with E-state index in [1.54, 1.807) is 0 Å². The number of alkyl halides is 2. The number of hydrogen-bond acceptors (Lipinski definition) is 4. The van der Waals surface area contributed by atoms with Crippen molar-refractivity contribution in [1.82, 2.24) is 0 Å². The standard InChI is InChI=1S/C7H4BF2O4/c9-7(10)12-5-2-1-4(14-8-11)3-6(5)13-7/h1-3,11H. The van der Waals surface area contributed by atoms with Gasteiger partial charge in [-0.1, -0.05) is 0 Å². The second-order valence-corrected chi connectivity index (χ2v) is 2.50. The monoisotopic (exact) mass is 201 g/mol. The van der Waals surface area contributed by atoms with Crippen molar-refractivity contribution in [3.05, 3.63) is 18.2 Å². The predicted molar refractivity (Wildman–Crippen MR) is 41.2 cm³/mol. The third-order valence-electron chi connectivity index (χ3n) is 1.56. The van der Waals surface area contributed by atoms with Gasteiger partial charge < -0.3 is 19.2 Å². The summed E-state index contributed by atoms with van der Waals surface area (Å²) in [4.78, 5) is 0. The predicted octanol–water partition coefficient (Wildman–Crippen LogP) is 0.913. The molecule has 0 saturated carbocycles. The Labute approximate surface area is 78.3 Å². The number of halogens is 2. The fraction of sp³-hybridized carbons (Fsp3) is 0.143. The third kappa shape index (κ3) is 1.58. The van der Waals surface area contributed by atoms with Crippen LogP contribution in [-0.4, -0.2) is 19.0 Å². The fourth-order valence-corrected chi connectivity index (χ4v) is 1.06. The number of ether oxygens (including phenoxy) is 2. The van der Waals surface area contributed by atoms with Gasteiger partial charge in [-0.15, -0.1) is 8.78 Å². The van der Waals surface area contributed by atoms with Crippen molar-refractivity contribution in [2.24, 2.45) is 0 Å². The lowest BCUT2D eigenvalue weighted by atomic mass is 10.3. The van der Waals surface area contributed by atoms with E-state index in [1.807, 2.05) is 0 Å².